The first-order valence-electron chi connectivity index (χ1n) is 3.86. The average molecular weight is 187 g/mol. The van der Waals surface area contributed by atoms with Crippen LogP contribution in [0.5, 0.6) is 0 Å². The number of nitrogens with one attached hydrogen (secondary N) is 2. The molecule has 0 aromatic carbocycles. The molecule has 1 fully saturated rings. The molecule has 13 heavy (non-hydrogen) atoms. The third kappa shape index (κ3) is 3.18. The summed E-state index contributed by atoms with van der Waals surface area (Å²) in [5, 5.41) is 14.3. The zero-order valence-corrected chi connectivity index (χ0v) is 6.93. The van der Waals surface area contributed by atoms with Gasteiger partial charge in [-0.1, -0.05) is 0 Å². The fraction of sp³-hybridized carbons (Fsp3) is 0.833. The Balaban J connectivity index is 2.41. The SMILES string of the molecule is N=[N+]=NC1COCC(NC(=O)O)C1. The Kier molecular flexibility index (Phi) is 3.36. The number of carbonyl (C=O) groups is 1. The minimum Gasteiger partial charge on any atom is -0.465 e. The van der Waals surface area contributed by atoms with E-state index >= 15 is 0 Å². The van der Waals surface area contributed by atoms with Crippen LogP contribution in [-0.4, -0.2) is 36.5 Å². The van der Waals surface area contributed by atoms with Gasteiger partial charge in [-0.05, 0) is 0 Å². The van der Waals surface area contributed by atoms with E-state index in [1.54, 1.807) is 0 Å². The van der Waals surface area contributed by atoms with Crippen LogP contribution in [0.15, 0.2) is 5.11 Å². The van der Waals surface area contributed by atoms with Gasteiger partial charge in [0.05, 0.1) is 19.3 Å². The molecular formula is C6H11N4O3+. The summed E-state index contributed by atoms with van der Waals surface area (Å²) < 4.78 is 5.09. The number of nitrogens with zero attached hydrogens (tertiary/aromatic N) is 2. The molecule has 0 saturated carbocycles. The van der Waals surface area contributed by atoms with Crippen LogP contribution in [0, 0.1) is 5.53 Å². The van der Waals surface area contributed by atoms with Crippen molar-refractivity contribution in [2.45, 2.75) is 18.5 Å². The van der Waals surface area contributed by atoms with E-state index in [1.807, 2.05) is 0 Å². The van der Waals surface area contributed by atoms with Crippen LogP contribution in [0.2, 0.25) is 0 Å². The van der Waals surface area contributed by atoms with E-state index in [2.05, 4.69) is 15.3 Å². The first-order chi connectivity index (χ1) is 6.22. The lowest BCUT2D eigenvalue weighted by atomic mass is 10.1. The summed E-state index contributed by atoms with van der Waals surface area (Å²) in [6, 6.07) is -0.454. The lowest BCUT2D eigenvalue weighted by molar-refractivity contribution is 0.0549. The third-order valence-corrected chi connectivity index (χ3v) is 1.73. The summed E-state index contributed by atoms with van der Waals surface area (Å²) in [4.78, 5) is 13.2. The van der Waals surface area contributed by atoms with E-state index in [4.69, 9.17) is 15.4 Å². The maximum absolute atomic E-state index is 10.3. The monoisotopic (exact) mass is 187 g/mol. The summed E-state index contributed by atoms with van der Waals surface area (Å²) >= 11 is 0. The van der Waals surface area contributed by atoms with Gasteiger partial charge < -0.3 is 15.2 Å². The lowest BCUT2D eigenvalue weighted by Crippen LogP contribution is -2.44. The lowest BCUT2D eigenvalue weighted by Gasteiger charge is -2.23. The van der Waals surface area contributed by atoms with Crippen LogP contribution in [0.25, 0.3) is 0 Å². The molecule has 1 saturated heterocycles. The van der Waals surface area contributed by atoms with Gasteiger partial charge in [-0.2, -0.15) is 0 Å². The van der Waals surface area contributed by atoms with E-state index in [1.165, 1.54) is 0 Å². The molecule has 0 spiro atoms. The van der Waals surface area contributed by atoms with E-state index < -0.39 is 6.09 Å². The average Bonchev–Trinajstić information content (AvgIpc) is 2.04. The quantitative estimate of drug-likeness (QED) is 0.416. The van der Waals surface area contributed by atoms with Gasteiger partial charge in [-0.3, -0.25) is 0 Å². The van der Waals surface area contributed by atoms with Crippen molar-refractivity contribution in [2.75, 3.05) is 13.2 Å². The van der Waals surface area contributed by atoms with Crippen LogP contribution >= 0.6 is 0 Å². The largest absolute Gasteiger partial charge is 0.465 e. The zero-order valence-electron chi connectivity index (χ0n) is 6.93. The van der Waals surface area contributed by atoms with Crippen molar-refractivity contribution in [3.63, 3.8) is 0 Å². The van der Waals surface area contributed by atoms with Crippen molar-refractivity contribution in [1.29, 1.82) is 5.53 Å². The van der Waals surface area contributed by atoms with E-state index in [0.29, 0.717) is 19.6 Å². The highest BCUT2D eigenvalue weighted by Gasteiger charge is 2.26. The molecule has 0 aromatic heterocycles. The van der Waals surface area contributed by atoms with Gasteiger partial charge >= 0.3 is 6.09 Å². The summed E-state index contributed by atoms with van der Waals surface area (Å²) in [7, 11) is 0. The molecule has 0 radical (unpaired) electrons. The number of carboxylic acid groups (broad SMARTS) is 1. The predicted molar refractivity (Wildman–Crippen MR) is 41.5 cm³/mol. The Labute approximate surface area is 74.3 Å². The first-order valence-corrected chi connectivity index (χ1v) is 3.86. The predicted octanol–water partition coefficient (Wildman–Crippen LogP) is -0.0381. The minimum absolute atomic E-state index is 0.205. The molecule has 7 nitrogen and oxygen atoms in total. The smallest absolute Gasteiger partial charge is 0.404 e. The highest BCUT2D eigenvalue weighted by Crippen LogP contribution is 2.09. The molecule has 1 rings (SSSR count). The van der Waals surface area contributed by atoms with Crippen molar-refractivity contribution in [1.82, 2.24) is 10.2 Å². The van der Waals surface area contributed by atoms with Gasteiger partial charge in [0.1, 0.15) is 10.6 Å². The molecular weight excluding hydrogens is 176 g/mol. The molecule has 2 unspecified atom stereocenters. The van der Waals surface area contributed by atoms with Crippen molar-refractivity contribution in [2.24, 2.45) is 5.11 Å². The fourth-order valence-electron chi connectivity index (χ4n) is 1.25. The molecule has 1 aliphatic rings. The molecule has 1 heterocycles. The van der Waals surface area contributed by atoms with Crippen LogP contribution in [0.3, 0.4) is 0 Å². The van der Waals surface area contributed by atoms with Crippen molar-refractivity contribution in [3.8, 4) is 0 Å². The molecule has 1 amide bonds. The highest BCUT2D eigenvalue weighted by atomic mass is 16.5. The zero-order chi connectivity index (χ0) is 9.68. The van der Waals surface area contributed by atoms with Gasteiger partial charge in [-0.15, -0.1) is 0 Å². The molecule has 72 valence electrons. The fourth-order valence-corrected chi connectivity index (χ4v) is 1.25. The van der Waals surface area contributed by atoms with Gasteiger partial charge in [0, 0.05) is 6.42 Å². The number of rotatable bonds is 2. The number of hydrogen-bond donors (Lipinski definition) is 3. The van der Waals surface area contributed by atoms with Gasteiger partial charge in [0.25, 0.3) is 0 Å². The van der Waals surface area contributed by atoms with Gasteiger partial charge in [-0.25, -0.2) is 4.79 Å². The Hall–Kier alpha value is -1.46. The maximum Gasteiger partial charge on any atom is 0.404 e. The molecule has 0 aromatic rings. The summed E-state index contributed by atoms with van der Waals surface area (Å²) in [5.41, 5.74) is 6.51. The van der Waals surface area contributed by atoms with Crippen LogP contribution in [0.4, 0.5) is 4.79 Å². The second-order valence-corrected chi connectivity index (χ2v) is 2.79. The maximum atomic E-state index is 10.3. The normalized spacial score (nSPS) is 27.4. The van der Waals surface area contributed by atoms with Gasteiger partial charge in [0.2, 0.25) is 4.91 Å². The molecule has 7 heteroatoms. The third-order valence-electron chi connectivity index (χ3n) is 1.73. The second-order valence-electron chi connectivity index (χ2n) is 2.79. The Morgan fingerprint density at radius 3 is 3.08 bits per heavy atom. The highest BCUT2D eigenvalue weighted by molar-refractivity contribution is 5.64. The molecule has 3 N–H and O–H groups in total. The summed E-state index contributed by atoms with van der Waals surface area (Å²) in [5.74, 6) is 0. The summed E-state index contributed by atoms with van der Waals surface area (Å²) in [6.07, 6.45) is -0.536. The molecule has 2 atom stereocenters. The van der Waals surface area contributed by atoms with E-state index in [0.717, 1.165) is 0 Å². The number of hydrogen-bond acceptors (Lipinski definition) is 4. The molecule has 0 bridgehead atoms. The molecule has 1 aliphatic heterocycles. The minimum atomic E-state index is -1.07. The van der Waals surface area contributed by atoms with E-state index in [9.17, 15) is 4.79 Å². The Morgan fingerprint density at radius 2 is 2.46 bits per heavy atom. The second kappa shape index (κ2) is 4.54. The van der Waals surface area contributed by atoms with E-state index in [-0.39, 0.29) is 12.1 Å². The topological polar surface area (TPSA) is 109 Å². The van der Waals surface area contributed by atoms with Crippen LogP contribution < -0.4 is 10.2 Å². The van der Waals surface area contributed by atoms with Crippen LogP contribution in [-0.2, 0) is 4.74 Å². The van der Waals surface area contributed by atoms with Crippen LogP contribution in [0.1, 0.15) is 6.42 Å². The number of ether oxygens (including phenoxy) is 1. The summed E-state index contributed by atoms with van der Waals surface area (Å²) in [6.45, 7) is 0.760. The standard InChI is InChI=1S/C6H10N4O3/c7-10-9-5-1-4(2-13-3-5)8-6(11)12/h4-5,7-8H,1-3H2/p+1. The number of amides is 1. The first kappa shape index (κ1) is 9.63. The Bertz CT molecular complexity index is 238. The van der Waals surface area contributed by atoms with Crippen molar-refractivity contribution in [3.05, 3.63) is 0 Å². The van der Waals surface area contributed by atoms with Crippen molar-refractivity contribution >= 4 is 6.09 Å². The van der Waals surface area contributed by atoms with Crippen molar-refractivity contribution < 1.29 is 14.6 Å². The Morgan fingerprint density at radius 1 is 1.69 bits per heavy atom. The molecule has 0 aliphatic carbocycles. The van der Waals surface area contributed by atoms with Gasteiger partial charge in [0.15, 0.2) is 6.04 Å².